The maximum absolute atomic E-state index is 12.5. The third-order valence-electron chi connectivity index (χ3n) is 6.25. The summed E-state index contributed by atoms with van der Waals surface area (Å²) in [5, 5.41) is 3.02. The van der Waals surface area contributed by atoms with Gasteiger partial charge in [0.05, 0.1) is 13.7 Å². The molecule has 226 valence electrons. The lowest BCUT2D eigenvalue weighted by atomic mass is 10.0. The van der Waals surface area contributed by atoms with Gasteiger partial charge in [0.1, 0.15) is 12.6 Å². The maximum atomic E-state index is 12.5. The van der Waals surface area contributed by atoms with Crippen LogP contribution in [0.25, 0.3) is 0 Å². The molecule has 10 nitrogen and oxygen atoms in total. The Bertz CT molecular complexity index is 918. The van der Waals surface area contributed by atoms with Gasteiger partial charge < -0.3 is 29.0 Å². The van der Waals surface area contributed by atoms with Gasteiger partial charge in [0.15, 0.2) is 11.5 Å². The first-order valence-electron chi connectivity index (χ1n) is 14.4. The van der Waals surface area contributed by atoms with Gasteiger partial charge in [-0.2, -0.15) is 0 Å². The molecule has 1 aromatic carbocycles. The Kier molecular flexibility index (Phi) is 18.1. The summed E-state index contributed by atoms with van der Waals surface area (Å²) in [7, 11) is 1.28. The van der Waals surface area contributed by atoms with E-state index in [1.165, 1.54) is 7.11 Å². The van der Waals surface area contributed by atoms with E-state index in [9.17, 15) is 19.2 Å². The molecule has 10 heteroatoms. The molecule has 2 atom stereocenters. The van der Waals surface area contributed by atoms with Gasteiger partial charge in [0, 0.05) is 19.4 Å². The molecule has 0 fully saturated rings. The first-order chi connectivity index (χ1) is 19.2. The van der Waals surface area contributed by atoms with E-state index in [4.69, 9.17) is 23.7 Å². The molecule has 0 amide bonds. The van der Waals surface area contributed by atoms with Crippen molar-refractivity contribution in [2.24, 2.45) is 5.92 Å². The Labute approximate surface area is 238 Å². The second kappa shape index (κ2) is 20.7. The lowest BCUT2D eigenvalue weighted by Crippen LogP contribution is -2.41. The quantitative estimate of drug-likeness (QED) is 0.122. The minimum atomic E-state index is -0.764. The lowest BCUT2D eigenvalue weighted by molar-refractivity contribution is -0.143. The summed E-state index contributed by atoms with van der Waals surface area (Å²) in [6, 6.07) is 4.09. The molecule has 0 saturated carbocycles. The van der Waals surface area contributed by atoms with Gasteiger partial charge in [-0.1, -0.05) is 65.9 Å². The molecule has 0 aliphatic heterocycles. The number of hydrogen-bond donors (Lipinski definition) is 1. The summed E-state index contributed by atoms with van der Waals surface area (Å²) >= 11 is 0. The van der Waals surface area contributed by atoms with Crippen molar-refractivity contribution < 1.29 is 42.9 Å². The van der Waals surface area contributed by atoms with Crippen LogP contribution in [0.15, 0.2) is 18.2 Å². The molecule has 0 bridgehead atoms. The van der Waals surface area contributed by atoms with Crippen LogP contribution in [-0.4, -0.2) is 57.0 Å². The van der Waals surface area contributed by atoms with E-state index in [0.29, 0.717) is 18.4 Å². The Balaban J connectivity index is 2.89. The predicted molar refractivity (Wildman–Crippen MR) is 150 cm³/mol. The highest BCUT2D eigenvalue weighted by atomic mass is 16.7. The van der Waals surface area contributed by atoms with Crippen LogP contribution in [0, 0.1) is 5.92 Å². The molecule has 0 spiro atoms. The standard InChI is InChI=1S/C30H47NO9/c1-6-9-11-13-27(32)39-25-16-15-23(20-26(25)40-28(33)14-12-10-7-2)19-24(29(34)36-5)31-17-18-37-30(35)38-21-22(4)8-3/h15-16,20,22,24,31H,6-14,17-19,21H2,1-5H3/t22?,24-/m0/s1. The zero-order valence-corrected chi connectivity index (χ0v) is 24.8. The van der Waals surface area contributed by atoms with Gasteiger partial charge in [-0.15, -0.1) is 0 Å². The molecular weight excluding hydrogens is 518 g/mol. The Hall–Kier alpha value is -3.14. The number of nitrogens with one attached hydrogen (secondary N) is 1. The van der Waals surface area contributed by atoms with Crippen molar-refractivity contribution in [1.82, 2.24) is 5.32 Å². The largest absolute Gasteiger partial charge is 0.508 e. The molecule has 40 heavy (non-hydrogen) atoms. The average Bonchev–Trinajstić information content (AvgIpc) is 2.94. The fourth-order valence-electron chi connectivity index (χ4n) is 3.58. The first kappa shape index (κ1) is 34.9. The van der Waals surface area contributed by atoms with Gasteiger partial charge in [-0.25, -0.2) is 4.79 Å². The van der Waals surface area contributed by atoms with E-state index in [-0.39, 0.29) is 56.4 Å². The van der Waals surface area contributed by atoms with Crippen LogP contribution in [0.1, 0.15) is 91.0 Å². The van der Waals surface area contributed by atoms with E-state index >= 15 is 0 Å². The molecule has 1 unspecified atom stereocenters. The van der Waals surface area contributed by atoms with Gasteiger partial charge in [0.2, 0.25) is 0 Å². The molecular formula is C30H47NO9. The highest BCUT2D eigenvalue weighted by molar-refractivity contribution is 5.77. The number of rotatable bonds is 20. The molecule has 0 saturated heterocycles. The molecule has 0 aromatic heterocycles. The van der Waals surface area contributed by atoms with Gasteiger partial charge in [0.25, 0.3) is 0 Å². The van der Waals surface area contributed by atoms with E-state index in [2.05, 4.69) is 5.32 Å². The monoisotopic (exact) mass is 565 g/mol. The molecule has 0 heterocycles. The second-order valence-corrected chi connectivity index (χ2v) is 9.80. The van der Waals surface area contributed by atoms with Crippen molar-refractivity contribution in [2.75, 3.05) is 26.9 Å². The summed E-state index contributed by atoms with van der Waals surface area (Å²) in [6.45, 7) is 8.54. The van der Waals surface area contributed by atoms with Crippen molar-refractivity contribution in [2.45, 2.75) is 97.9 Å². The lowest BCUT2D eigenvalue weighted by Gasteiger charge is -2.18. The fourth-order valence-corrected chi connectivity index (χ4v) is 3.58. The number of ether oxygens (including phenoxy) is 5. The summed E-state index contributed by atoms with van der Waals surface area (Å²) < 4.78 is 26.1. The van der Waals surface area contributed by atoms with Crippen LogP contribution in [0.3, 0.4) is 0 Å². The average molecular weight is 566 g/mol. The number of esters is 3. The van der Waals surface area contributed by atoms with Gasteiger partial charge >= 0.3 is 24.1 Å². The number of carbonyl (C=O) groups excluding carboxylic acids is 4. The first-order valence-corrected chi connectivity index (χ1v) is 14.4. The molecule has 1 rings (SSSR count). The minimum absolute atomic E-state index is 0.000374. The van der Waals surface area contributed by atoms with E-state index < -0.39 is 30.1 Å². The van der Waals surface area contributed by atoms with Crippen molar-refractivity contribution in [1.29, 1.82) is 0 Å². The second-order valence-electron chi connectivity index (χ2n) is 9.80. The number of benzene rings is 1. The summed E-state index contributed by atoms with van der Waals surface area (Å²) in [5.74, 6) is -0.815. The van der Waals surface area contributed by atoms with Crippen LogP contribution >= 0.6 is 0 Å². The highest BCUT2D eigenvalue weighted by Gasteiger charge is 2.22. The number of hydrogen-bond acceptors (Lipinski definition) is 10. The zero-order valence-electron chi connectivity index (χ0n) is 24.8. The van der Waals surface area contributed by atoms with Gasteiger partial charge in [-0.3, -0.25) is 14.4 Å². The Morgan fingerprint density at radius 1 is 0.850 bits per heavy atom. The summed E-state index contributed by atoms with van der Waals surface area (Å²) in [6.07, 6.45) is 6.00. The van der Waals surface area contributed by atoms with Crippen LogP contribution in [0.5, 0.6) is 11.5 Å². The van der Waals surface area contributed by atoms with Crippen molar-refractivity contribution in [3.05, 3.63) is 23.8 Å². The highest BCUT2D eigenvalue weighted by Crippen LogP contribution is 2.30. The summed E-state index contributed by atoms with van der Waals surface area (Å²) in [5.41, 5.74) is 0.652. The molecule has 0 radical (unpaired) electrons. The maximum Gasteiger partial charge on any atom is 0.508 e. The van der Waals surface area contributed by atoms with Crippen LogP contribution in [-0.2, 0) is 35.0 Å². The minimum Gasteiger partial charge on any atom is -0.468 e. The van der Waals surface area contributed by atoms with Gasteiger partial charge in [-0.05, 0) is 42.9 Å². The van der Waals surface area contributed by atoms with Crippen LogP contribution < -0.4 is 14.8 Å². The Morgan fingerprint density at radius 2 is 1.48 bits per heavy atom. The number of carbonyl (C=O) groups is 4. The van der Waals surface area contributed by atoms with Crippen LogP contribution in [0.4, 0.5) is 4.79 Å². The number of methoxy groups -OCH3 is 1. The SMILES string of the molecule is CCCCCC(=O)Oc1ccc(C[C@H](NCCOC(=O)OCC(C)CC)C(=O)OC)cc1OC(=O)CCCCC. The number of unbranched alkanes of at least 4 members (excludes halogenated alkanes) is 4. The predicted octanol–water partition coefficient (Wildman–Crippen LogP) is 5.53. The van der Waals surface area contributed by atoms with E-state index in [0.717, 1.165) is 32.1 Å². The molecule has 0 aliphatic rings. The molecule has 0 aliphatic carbocycles. The van der Waals surface area contributed by atoms with Crippen LogP contribution in [0.2, 0.25) is 0 Å². The summed E-state index contributed by atoms with van der Waals surface area (Å²) in [4.78, 5) is 49.0. The normalized spacial score (nSPS) is 12.2. The van der Waals surface area contributed by atoms with Crippen molar-refractivity contribution in [3.63, 3.8) is 0 Å². The van der Waals surface area contributed by atoms with E-state index in [1.54, 1.807) is 18.2 Å². The zero-order chi connectivity index (χ0) is 29.8. The van der Waals surface area contributed by atoms with Crippen molar-refractivity contribution in [3.8, 4) is 11.5 Å². The third-order valence-corrected chi connectivity index (χ3v) is 6.25. The topological polar surface area (TPSA) is 126 Å². The Morgan fingerprint density at radius 3 is 2.05 bits per heavy atom. The smallest absolute Gasteiger partial charge is 0.468 e. The third kappa shape index (κ3) is 14.9. The fraction of sp³-hybridized carbons (Fsp3) is 0.667. The van der Waals surface area contributed by atoms with Crippen molar-refractivity contribution >= 4 is 24.1 Å². The van der Waals surface area contributed by atoms with E-state index in [1.807, 2.05) is 27.7 Å². The molecule has 1 N–H and O–H groups in total. The molecule has 1 aromatic rings.